The molecule has 0 atom stereocenters. The molecule has 11 heteroatoms. The molecule has 4 aromatic heterocycles. The van der Waals surface area contributed by atoms with Crippen LogP contribution in [0.15, 0.2) is 42.2 Å². The molecule has 4 rings (SSSR count). The molecule has 168 valence electrons. The third-order valence-electron chi connectivity index (χ3n) is 4.70. The highest BCUT2D eigenvalue weighted by molar-refractivity contribution is 7.09. The molecule has 0 aromatic carbocycles. The van der Waals surface area contributed by atoms with E-state index in [1.54, 1.807) is 10.9 Å². The van der Waals surface area contributed by atoms with Crippen molar-refractivity contribution in [3.63, 3.8) is 0 Å². The second-order valence-corrected chi connectivity index (χ2v) is 9.08. The van der Waals surface area contributed by atoms with E-state index >= 15 is 0 Å². The van der Waals surface area contributed by atoms with Crippen molar-refractivity contribution >= 4 is 34.5 Å². The Morgan fingerprint density at radius 3 is 2.72 bits per heavy atom. The minimum atomic E-state index is -4.69. The number of carbonyl (C=O) groups excluding carboxylic acids is 1. The summed E-state index contributed by atoms with van der Waals surface area (Å²) in [5.74, 6) is -0.319. The Kier molecular flexibility index (Phi) is 6.00. The Bertz CT molecular complexity index is 1260. The highest BCUT2D eigenvalue weighted by Crippen LogP contribution is 2.37. The van der Waals surface area contributed by atoms with E-state index in [2.05, 4.69) is 15.4 Å². The summed E-state index contributed by atoms with van der Waals surface area (Å²) in [6, 6.07) is 4.68. The van der Waals surface area contributed by atoms with Gasteiger partial charge < -0.3 is 5.32 Å². The van der Waals surface area contributed by atoms with Crippen LogP contribution in [0.3, 0.4) is 0 Å². The van der Waals surface area contributed by atoms with Gasteiger partial charge in [0.25, 0.3) is 5.91 Å². The molecule has 0 aliphatic rings. The van der Waals surface area contributed by atoms with Crippen LogP contribution in [0.25, 0.3) is 16.8 Å². The van der Waals surface area contributed by atoms with Crippen molar-refractivity contribution in [3.8, 4) is 11.1 Å². The summed E-state index contributed by atoms with van der Waals surface area (Å²) in [6.07, 6.45) is -0.0682. The summed E-state index contributed by atoms with van der Waals surface area (Å²) < 4.78 is 44.3. The van der Waals surface area contributed by atoms with Crippen molar-refractivity contribution in [3.05, 3.63) is 63.5 Å². The average molecular weight is 482 g/mol. The molecule has 0 saturated heterocycles. The van der Waals surface area contributed by atoms with Gasteiger partial charge in [0.05, 0.1) is 18.3 Å². The molecule has 4 heterocycles. The number of halogens is 4. The number of carbonyl (C=O) groups is 1. The first-order valence-electron chi connectivity index (χ1n) is 9.75. The second kappa shape index (κ2) is 8.59. The molecule has 0 radical (unpaired) electrons. The Morgan fingerprint density at radius 1 is 1.28 bits per heavy atom. The predicted octanol–water partition coefficient (Wildman–Crippen LogP) is 5.52. The minimum Gasteiger partial charge on any atom is -0.346 e. The summed E-state index contributed by atoms with van der Waals surface area (Å²) in [7, 11) is 0. The summed E-state index contributed by atoms with van der Waals surface area (Å²) >= 11 is 7.77. The monoisotopic (exact) mass is 481 g/mol. The van der Waals surface area contributed by atoms with Gasteiger partial charge in [-0.25, -0.2) is 4.98 Å². The topological polar surface area (TPSA) is 64.2 Å². The van der Waals surface area contributed by atoms with Gasteiger partial charge in [0.2, 0.25) is 0 Å². The molecular weight excluding hydrogens is 463 g/mol. The standard InChI is InChI=1S/C21H19ClF3N5OS/c1-12(2)9-29-10-14(7-27-29)13-6-16(21(23,24)25)19-28-17(18(22)30(19)11-13)20(31)26-8-15-4-3-5-32-15/h3-7,10-12H,8-9H2,1-2H3,(H,26,31). The van der Waals surface area contributed by atoms with Gasteiger partial charge in [-0.3, -0.25) is 13.9 Å². The van der Waals surface area contributed by atoms with Crippen molar-refractivity contribution in [1.82, 2.24) is 24.5 Å². The van der Waals surface area contributed by atoms with Crippen molar-refractivity contribution in [1.29, 1.82) is 0 Å². The molecular formula is C21H19ClF3N5OS. The Balaban J connectivity index is 1.75. The number of imidazole rings is 1. The smallest absolute Gasteiger partial charge is 0.346 e. The fourth-order valence-electron chi connectivity index (χ4n) is 3.28. The summed E-state index contributed by atoms with van der Waals surface area (Å²) in [5.41, 5.74) is -0.898. The number of amides is 1. The van der Waals surface area contributed by atoms with Crippen LogP contribution in [0.1, 0.15) is 34.8 Å². The molecule has 32 heavy (non-hydrogen) atoms. The molecule has 0 aliphatic heterocycles. The van der Waals surface area contributed by atoms with Crippen LogP contribution >= 0.6 is 22.9 Å². The number of rotatable bonds is 6. The molecule has 1 amide bonds. The fraction of sp³-hybridized carbons (Fsp3) is 0.286. The predicted molar refractivity (Wildman–Crippen MR) is 117 cm³/mol. The number of nitrogens with zero attached hydrogens (tertiary/aromatic N) is 4. The lowest BCUT2D eigenvalue weighted by atomic mass is 10.1. The maximum Gasteiger partial charge on any atom is 0.420 e. The summed E-state index contributed by atoms with van der Waals surface area (Å²) in [5, 5.41) is 8.54. The number of alkyl halides is 3. The lowest BCUT2D eigenvalue weighted by Crippen LogP contribution is -2.23. The number of thiophene rings is 1. The second-order valence-electron chi connectivity index (χ2n) is 7.69. The number of nitrogens with one attached hydrogen (secondary N) is 1. The normalized spacial score (nSPS) is 12.1. The fourth-order valence-corrected chi connectivity index (χ4v) is 4.18. The molecule has 0 spiro atoms. The lowest BCUT2D eigenvalue weighted by Gasteiger charge is -2.10. The van der Waals surface area contributed by atoms with Crippen LogP contribution in [0, 0.1) is 5.92 Å². The zero-order valence-corrected chi connectivity index (χ0v) is 18.7. The van der Waals surface area contributed by atoms with E-state index in [0.717, 1.165) is 15.3 Å². The number of hydrogen-bond donors (Lipinski definition) is 1. The Labute approximate surface area is 190 Å². The van der Waals surface area contributed by atoms with Crippen molar-refractivity contribution in [2.75, 3.05) is 0 Å². The largest absolute Gasteiger partial charge is 0.420 e. The third kappa shape index (κ3) is 4.51. The van der Waals surface area contributed by atoms with Gasteiger partial charge in [0.1, 0.15) is 5.15 Å². The van der Waals surface area contributed by atoms with E-state index in [0.29, 0.717) is 18.0 Å². The number of hydrogen-bond acceptors (Lipinski definition) is 4. The van der Waals surface area contributed by atoms with Gasteiger partial charge >= 0.3 is 6.18 Å². The van der Waals surface area contributed by atoms with E-state index in [1.165, 1.54) is 23.7 Å². The molecule has 0 unspecified atom stereocenters. The van der Waals surface area contributed by atoms with Gasteiger partial charge in [-0.1, -0.05) is 31.5 Å². The van der Waals surface area contributed by atoms with Gasteiger partial charge in [0.15, 0.2) is 11.3 Å². The average Bonchev–Trinajstić information content (AvgIpc) is 3.45. The molecule has 1 N–H and O–H groups in total. The van der Waals surface area contributed by atoms with Crippen LogP contribution in [-0.4, -0.2) is 25.1 Å². The zero-order chi connectivity index (χ0) is 23.0. The van der Waals surface area contributed by atoms with Crippen LogP contribution in [0.4, 0.5) is 13.2 Å². The first-order valence-corrected chi connectivity index (χ1v) is 11.0. The lowest BCUT2D eigenvalue weighted by molar-refractivity contribution is -0.136. The SMILES string of the molecule is CC(C)Cn1cc(-c2cc(C(F)(F)F)c3nc(C(=O)NCc4cccs4)c(Cl)n3c2)cn1. The van der Waals surface area contributed by atoms with Crippen molar-refractivity contribution < 1.29 is 18.0 Å². The van der Waals surface area contributed by atoms with E-state index in [4.69, 9.17) is 11.6 Å². The quantitative estimate of drug-likeness (QED) is 0.394. The molecule has 6 nitrogen and oxygen atoms in total. The van der Waals surface area contributed by atoms with Gasteiger partial charge in [-0.15, -0.1) is 11.3 Å². The highest BCUT2D eigenvalue weighted by Gasteiger charge is 2.36. The third-order valence-corrected chi connectivity index (χ3v) is 5.94. The van der Waals surface area contributed by atoms with Gasteiger partial charge in [0, 0.05) is 34.9 Å². The van der Waals surface area contributed by atoms with Crippen LogP contribution in [0.2, 0.25) is 5.15 Å². The highest BCUT2D eigenvalue weighted by atomic mass is 35.5. The van der Waals surface area contributed by atoms with E-state index in [9.17, 15) is 18.0 Å². The molecule has 0 bridgehead atoms. The molecule has 0 fully saturated rings. The molecule has 4 aromatic rings. The van der Waals surface area contributed by atoms with Gasteiger partial charge in [-0.2, -0.15) is 18.3 Å². The molecule has 0 aliphatic carbocycles. The Morgan fingerprint density at radius 2 is 2.06 bits per heavy atom. The van der Waals surface area contributed by atoms with Crippen LogP contribution in [-0.2, 0) is 19.3 Å². The van der Waals surface area contributed by atoms with E-state index < -0.39 is 23.3 Å². The van der Waals surface area contributed by atoms with E-state index in [1.807, 2.05) is 31.4 Å². The number of fused-ring (bicyclic) bond motifs is 1. The Hall–Kier alpha value is -2.85. The summed E-state index contributed by atoms with van der Waals surface area (Å²) in [6.45, 7) is 4.90. The van der Waals surface area contributed by atoms with Crippen molar-refractivity contribution in [2.45, 2.75) is 33.1 Å². The first-order chi connectivity index (χ1) is 15.1. The molecule has 0 saturated carbocycles. The summed E-state index contributed by atoms with van der Waals surface area (Å²) in [4.78, 5) is 17.4. The minimum absolute atomic E-state index is 0.189. The van der Waals surface area contributed by atoms with E-state index in [-0.39, 0.29) is 23.0 Å². The maximum atomic E-state index is 13.9. The first kappa shape index (κ1) is 22.3. The van der Waals surface area contributed by atoms with Gasteiger partial charge in [-0.05, 0) is 23.4 Å². The number of pyridine rings is 1. The number of aromatic nitrogens is 4. The van der Waals surface area contributed by atoms with Crippen LogP contribution in [0.5, 0.6) is 0 Å². The maximum absolute atomic E-state index is 13.9. The zero-order valence-electron chi connectivity index (χ0n) is 17.2. The van der Waals surface area contributed by atoms with Crippen molar-refractivity contribution in [2.24, 2.45) is 5.92 Å². The van der Waals surface area contributed by atoms with Crippen LogP contribution < -0.4 is 5.32 Å².